The zero-order valence-corrected chi connectivity index (χ0v) is 17.5. The van der Waals surface area contributed by atoms with Crippen molar-refractivity contribution in [2.75, 3.05) is 26.2 Å². The molecule has 0 spiro atoms. The fraction of sp³-hybridized carbons (Fsp3) is 0.429. The van der Waals surface area contributed by atoms with Crippen molar-refractivity contribution in [1.82, 2.24) is 10.2 Å². The Labute approximate surface area is 177 Å². The molecule has 2 aromatic carbocycles. The first kappa shape index (κ1) is 20.9. The molecule has 0 radical (unpaired) electrons. The molecule has 4 rings (SSSR count). The largest absolute Gasteiger partial charge is 0.326 e. The third kappa shape index (κ3) is 5.38. The molecular formula is C21H26Cl3N3. The third-order valence-electron chi connectivity index (χ3n) is 5.47. The van der Waals surface area contributed by atoms with Crippen LogP contribution in [0.25, 0.3) is 11.1 Å². The molecule has 2 aliphatic rings. The van der Waals surface area contributed by atoms with Crippen molar-refractivity contribution in [1.29, 1.82) is 0 Å². The molecule has 3 atom stereocenters. The summed E-state index contributed by atoms with van der Waals surface area (Å²) in [5, 5.41) is 5.03. The lowest BCUT2D eigenvalue weighted by atomic mass is 10.0. The molecule has 0 amide bonds. The van der Waals surface area contributed by atoms with Gasteiger partial charge in [-0.2, -0.15) is 0 Å². The van der Waals surface area contributed by atoms with Gasteiger partial charge in [-0.1, -0.05) is 47.5 Å². The van der Waals surface area contributed by atoms with Crippen molar-refractivity contribution in [3.63, 3.8) is 0 Å². The van der Waals surface area contributed by atoms with Crippen molar-refractivity contribution in [3.8, 4) is 11.1 Å². The van der Waals surface area contributed by atoms with Crippen molar-refractivity contribution in [3.05, 3.63) is 58.1 Å². The molecule has 3 nitrogen and oxygen atoms in total. The molecule has 1 saturated carbocycles. The Morgan fingerprint density at radius 1 is 1.04 bits per heavy atom. The number of rotatable bonds is 6. The predicted molar refractivity (Wildman–Crippen MR) is 117 cm³/mol. The number of nitrogens with two attached hydrogens (primary N) is 1. The topological polar surface area (TPSA) is 41.3 Å². The average molecular weight is 427 g/mol. The van der Waals surface area contributed by atoms with E-state index in [-0.39, 0.29) is 12.4 Å². The van der Waals surface area contributed by atoms with Gasteiger partial charge in [-0.15, -0.1) is 12.4 Å². The lowest BCUT2D eigenvalue weighted by Crippen LogP contribution is -2.33. The Kier molecular flexibility index (Phi) is 7.07. The van der Waals surface area contributed by atoms with E-state index in [0.717, 1.165) is 43.7 Å². The van der Waals surface area contributed by atoms with Gasteiger partial charge in [0.2, 0.25) is 0 Å². The van der Waals surface area contributed by atoms with Crippen molar-refractivity contribution in [2.45, 2.75) is 30.8 Å². The molecule has 1 saturated heterocycles. The second-order valence-corrected chi connectivity index (χ2v) is 8.41. The molecule has 3 unspecified atom stereocenters. The summed E-state index contributed by atoms with van der Waals surface area (Å²) in [4.78, 5) is 2.46. The van der Waals surface area contributed by atoms with Crippen LogP contribution >= 0.6 is 35.6 Å². The van der Waals surface area contributed by atoms with Crippen LogP contribution in [-0.2, 0) is 0 Å². The first-order valence-corrected chi connectivity index (χ1v) is 10.1. The van der Waals surface area contributed by atoms with Crippen molar-refractivity contribution >= 4 is 35.6 Å². The average Bonchev–Trinajstić information content (AvgIpc) is 3.27. The van der Waals surface area contributed by atoms with E-state index in [1.165, 1.54) is 12.0 Å². The fourth-order valence-corrected chi connectivity index (χ4v) is 4.43. The summed E-state index contributed by atoms with van der Waals surface area (Å²) in [5.41, 5.74) is 9.57. The number of nitrogens with zero attached hydrogens (tertiary/aromatic N) is 1. The van der Waals surface area contributed by atoms with E-state index in [9.17, 15) is 0 Å². The normalized spacial score (nSPS) is 24.6. The lowest BCUT2D eigenvalue weighted by molar-refractivity contribution is 0.331. The molecule has 1 aliphatic heterocycles. The summed E-state index contributed by atoms with van der Waals surface area (Å²) in [6.45, 7) is 4.34. The number of benzene rings is 2. The summed E-state index contributed by atoms with van der Waals surface area (Å²) in [6.07, 6.45) is 2.36. The predicted octanol–water partition coefficient (Wildman–Crippen LogP) is 4.56. The zero-order valence-electron chi connectivity index (χ0n) is 15.2. The number of halogens is 3. The van der Waals surface area contributed by atoms with Gasteiger partial charge in [0.1, 0.15) is 0 Å². The van der Waals surface area contributed by atoms with E-state index in [1.807, 2.05) is 12.1 Å². The summed E-state index contributed by atoms with van der Waals surface area (Å²) < 4.78 is 0. The number of hydrogen-bond donors (Lipinski definition) is 2. The summed E-state index contributed by atoms with van der Waals surface area (Å²) in [5.74, 6) is 0.632. The molecule has 0 bridgehead atoms. The van der Waals surface area contributed by atoms with E-state index >= 15 is 0 Å². The Balaban J connectivity index is 0.00000210. The van der Waals surface area contributed by atoms with Gasteiger partial charge in [0.05, 0.1) is 0 Å². The third-order valence-corrected chi connectivity index (χ3v) is 5.90. The lowest BCUT2D eigenvalue weighted by Gasteiger charge is -2.15. The Hall–Kier alpha value is -0.810. The number of likely N-dealkylation sites (tertiary alicyclic amines) is 1. The van der Waals surface area contributed by atoms with Gasteiger partial charge in [0.15, 0.2) is 0 Å². The number of nitrogens with one attached hydrogen (secondary N) is 1. The minimum absolute atomic E-state index is 0. The Bertz CT molecular complexity index is 746. The van der Waals surface area contributed by atoms with E-state index in [0.29, 0.717) is 28.0 Å². The summed E-state index contributed by atoms with van der Waals surface area (Å²) in [7, 11) is 0. The highest BCUT2D eigenvalue weighted by Gasteiger charge is 2.37. The van der Waals surface area contributed by atoms with E-state index in [1.54, 1.807) is 6.07 Å². The van der Waals surface area contributed by atoms with Gasteiger partial charge >= 0.3 is 0 Å². The molecule has 3 N–H and O–H groups in total. The molecule has 146 valence electrons. The van der Waals surface area contributed by atoms with E-state index in [2.05, 4.69) is 34.5 Å². The van der Waals surface area contributed by atoms with E-state index in [4.69, 9.17) is 28.9 Å². The van der Waals surface area contributed by atoms with E-state index < -0.39 is 0 Å². The molecule has 6 heteroatoms. The van der Waals surface area contributed by atoms with Gasteiger partial charge in [-0.05, 0) is 54.3 Å². The Morgan fingerprint density at radius 3 is 2.37 bits per heavy atom. The van der Waals surface area contributed by atoms with Gasteiger partial charge in [0.25, 0.3) is 0 Å². The van der Waals surface area contributed by atoms with Crippen LogP contribution in [0, 0.1) is 0 Å². The maximum Gasteiger partial charge on any atom is 0.0426 e. The van der Waals surface area contributed by atoms with Crippen LogP contribution in [0.3, 0.4) is 0 Å². The SMILES string of the molecule is Cl.NC1CCN(CCNC2CC2c2ccc(-c3cc(Cl)cc(Cl)c3)cc2)C1. The second-order valence-electron chi connectivity index (χ2n) is 7.53. The molecular weight excluding hydrogens is 401 g/mol. The first-order chi connectivity index (χ1) is 12.6. The van der Waals surface area contributed by atoms with Gasteiger partial charge < -0.3 is 16.0 Å². The van der Waals surface area contributed by atoms with Crippen LogP contribution in [0.4, 0.5) is 0 Å². The molecule has 2 aromatic rings. The monoisotopic (exact) mass is 425 g/mol. The quantitative estimate of drug-likeness (QED) is 0.711. The minimum Gasteiger partial charge on any atom is -0.326 e. The highest BCUT2D eigenvalue weighted by atomic mass is 35.5. The van der Waals surface area contributed by atoms with Crippen molar-refractivity contribution < 1.29 is 0 Å². The van der Waals surface area contributed by atoms with Crippen LogP contribution in [0.2, 0.25) is 10.0 Å². The highest BCUT2D eigenvalue weighted by Crippen LogP contribution is 2.41. The molecule has 0 aromatic heterocycles. The van der Waals surface area contributed by atoms with Crippen LogP contribution < -0.4 is 11.1 Å². The minimum atomic E-state index is 0. The molecule has 1 aliphatic carbocycles. The molecule has 27 heavy (non-hydrogen) atoms. The summed E-state index contributed by atoms with van der Waals surface area (Å²) >= 11 is 12.2. The maximum absolute atomic E-state index is 6.11. The fourth-order valence-electron chi connectivity index (χ4n) is 3.91. The molecule has 1 heterocycles. The van der Waals surface area contributed by atoms with Gasteiger partial charge in [0, 0.05) is 47.7 Å². The van der Waals surface area contributed by atoms with Crippen LogP contribution in [0.5, 0.6) is 0 Å². The van der Waals surface area contributed by atoms with Gasteiger partial charge in [-0.25, -0.2) is 0 Å². The first-order valence-electron chi connectivity index (χ1n) is 9.36. The van der Waals surface area contributed by atoms with Crippen LogP contribution in [0.15, 0.2) is 42.5 Å². The van der Waals surface area contributed by atoms with Crippen molar-refractivity contribution in [2.24, 2.45) is 5.73 Å². The molecule has 2 fully saturated rings. The maximum atomic E-state index is 6.11. The summed E-state index contributed by atoms with van der Waals surface area (Å²) in [6, 6.07) is 15.4. The van der Waals surface area contributed by atoms with Gasteiger partial charge in [-0.3, -0.25) is 0 Å². The number of hydrogen-bond acceptors (Lipinski definition) is 3. The zero-order chi connectivity index (χ0) is 18.1. The smallest absolute Gasteiger partial charge is 0.0426 e. The standard InChI is InChI=1S/C21H25Cl2N3.ClH/c22-17-9-16(10-18(23)11-17)14-1-3-15(4-2-14)20-12-21(20)25-6-8-26-7-5-19(24)13-26;/h1-4,9-11,19-21,25H,5-8,12-13,24H2;1H. The van der Waals surface area contributed by atoms with Crippen LogP contribution in [-0.4, -0.2) is 43.2 Å². The second kappa shape index (κ2) is 9.13. The van der Waals surface area contributed by atoms with Crippen LogP contribution in [0.1, 0.15) is 24.3 Å². The highest BCUT2D eigenvalue weighted by molar-refractivity contribution is 6.35. The Morgan fingerprint density at radius 2 is 1.74 bits per heavy atom.